The highest BCUT2D eigenvalue weighted by Crippen LogP contribution is 2.42. The monoisotopic (exact) mass is 248 g/mol. The predicted molar refractivity (Wildman–Crippen MR) is 76.8 cm³/mol. The summed E-state index contributed by atoms with van der Waals surface area (Å²) in [5.74, 6) is 0. The van der Waals surface area contributed by atoms with E-state index in [0.717, 1.165) is 0 Å². The SMILES string of the molecule is C/C=C/CN1CC2(CCCC2)NCC12CCCC2. The smallest absolute Gasteiger partial charge is 0.0338 e. The van der Waals surface area contributed by atoms with E-state index >= 15 is 0 Å². The lowest BCUT2D eigenvalue weighted by Gasteiger charge is -2.52. The van der Waals surface area contributed by atoms with Gasteiger partial charge in [0.2, 0.25) is 0 Å². The summed E-state index contributed by atoms with van der Waals surface area (Å²) >= 11 is 0. The standard InChI is InChI=1S/C16H28N2/c1-2-3-12-18-14-15(8-4-5-9-15)17-13-16(18)10-6-7-11-16/h2-3,17H,4-14H2,1H3/b3-2+. The molecule has 0 aromatic rings. The van der Waals surface area contributed by atoms with Gasteiger partial charge in [-0.25, -0.2) is 0 Å². The molecule has 0 aromatic carbocycles. The zero-order valence-corrected chi connectivity index (χ0v) is 11.9. The van der Waals surface area contributed by atoms with E-state index in [1.807, 2.05) is 0 Å². The van der Waals surface area contributed by atoms with Gasteiger partial charge in [-0.15, -0.1) is 0 Å². The topological polar surface area (TPSA) is 15.3 Å². The molecule has 2 spiro atoms. The minimum absolute atomic E-state index is 0.468. The van der Waals surface area contributed by atoms with Crippen LogP contribution in [0.3, 0.4) is 0 Å². The number of nitrogens with one attached hydrogen (secondary N) is 1. The normalized spacial score (nSPS) is 30.9. The first-order chi connectivity index (χ1) is 8.79. The van der Waals surface area contributed by atoms with E-state index < -0.39 is 0 Å². The van der Waals surface area contributed by atoms with Gasteiger partial charge in [-0.2, -0.15) is 0 Å². The first kappa shape index (κ1) is 12.7. The minimum atomic E-state index is 0.468. The van der Waals surface area contributed by atoms with Gasteiger partial charge in [0.15, 0.2) is 0 Å². The molecule has 1 N–H and O–H groups in total. The van der Waals surface area contributed by atoms with Crippen molar-refractivity contribution < 1.29 is 0 Å². The van der Waals surface area contributed by atoms with Gasteiger partial charge in [-0.1, -0.05) is 37.8 Å². The molecule has 1 aliphatic heterocycles. The van der Waals surface area contributed by atoms with Gasteiger partial charge in [0, 0.05) is 30.7 Å². The Labute approximate surface area is 112 Å². The van der Waals surface area contributed by atoms with Crippen molar-refractivity contribution in [2.24, 2.45) is 0 Å². The summed E-state index contributed by atoms with van der Waals surface area (Å²) in [7, 11) is 0. The summed E-state index contributed by atoms with van der Waals surface area (Å²) in [6.45, 7) is 5.84. The molecular weight excluding hydrogens is 220 g/mol. The number of nitrogens with zero attached hydrogens (tertiary/aromatic N) is 1. The third kappa shape index (κ3) is 2.14. The van der Waals surface area contributed by atoms with Crippen LogP contribution >= 0.6 is 0 Å². The van der Waals surface area contributed by atoms with Crippen LogP contribution in [0.25, 0.3) is 0 Å². The maximum absolute atomic E-state index is 3.97. The molecule has 1 heterocycles. The summed E-state index contributed by atoms with van der Waals surface area (Å²) in [5, 5.41) is 3.97. The van der Waals surface area contributed by atoms with E-state index in [-0.39, 0.29) is 0 Å². The Morgan fingerprint density at radius 2 is 1.72 bits per heavy atom. The molecule has 2 aliphatic carbocycles. The van der Waals surface area contributed by atoms with Crippen molar-refractivity contribution in [2.45, 2.75) is 69.4 Å². The third-order valence-corrected chi connectivity index (χ3v) is 5.61. The molecule has 2 nitrogen and oxygen atoms in total. The molecule has 0 aromatic heterocycles. The van der Waals surface area contributed by atoms with Gasteiger partial charge in [0.1, 0.15) is 0 Å². The fourth-order valence-electron chi connectivity index (χ4n) is 4.46. The fourth-order valence-corrected chi connectivity index (χ4v) is 4.46. The number of rotatable bonds is 2. The summed E-state index contributed by atoms with van der Waals surface area (Å²) in [6.07, 6.45) is 15.9. The quantitative estimate of drug-likeness (QED) is 0.756. The van der Waals surface area contributed by atoms with E-state index in [4.69, 9.17) is 0 Å². The average Bonchev–Trinajstić information content (AvgIpc) is 3.02. The van der Waals surface area contributed by atoms with Crippen molar-refractivity contribution in [2.75, 3.05) is 19.6 Å². The number of hydrogen-bond acceptors (Lipinski definition) is 2. The first-order valence-corrected chi connectivity index (χ1v) is 7.90. The second-order valence-corrected chi connectivity index (χ2v) is 6.72. The van der Waals surface area contributed by atoms with Crippen molar-refractivity contribution in [3.8, 4) is 0 Å². The molecule has 0 atom stereocenters. The van der Waals surface area contributed by atoms with Gasteiger partial charge in [0.05, 0.1) is 0 Å². The molecule has 1 saturated heterocycles. The number of hydrogen-bond donors (Lipinski definition) is 1. The summed E-state index contributed by atoms with van der Waals surface area (Å²) in [4.78, 5) is 2.82. The van der Waals surface area contributed by atoms with Crippen LogP contribution < -0.4 is 5.32 Å². The average molecular weight is 248 g/mol. The number of allylic oxidation sites excluding steroid dienone is 1. The molecule has 0 radical (unpaired) electrons. The molecule has 0 unspecified atom stereocenters. The van der Waals surface area contributed by atoms with Crippen LogP contribution in [-0.4, -0.2) is 35.6 Å². The Kier molecular flexibility index (Phi) is 3.50. The van der Waals surface area contributed by atoms with Crippen molar-refractivity contribution in [1.82, 2.24) is 10.2 Å². The lowest BCUT2D eigenvalue weighted by atomic mass is 9.84. The zero-order chi connectivity index (χ0) is 12.5. The largest absolute Gasteiger partial charge is 0.308 e. The van der Waals surface area contributed by atoms with Crippen LogP contribution in [0.5, 0.6) is 0 Å². The third-order valence-electron chi connectivity index (χ3n) is 5.61. The Morgan fingerprint density at radius 1 is 1.06 bits per heavy atom. The first-order valence-electron chi connectivity index (χ1n) is 7.90. The fraction of sp³-hybridized carbons (Fsp3) is 0.875. The highest BCUT2D eigenvalue weighted by atomic mass is 15.3. The Balaban J connectivity index is 1.76. The summed E-state index contributed by atoms with van der Waals surface area (Å²) in [6, 6.07) is 0. The van der Waals surface area contributed by atoms with Crippen LogP contribution in [0.1, 0.15) is 58.3 Å². The van der Waals surface area contributed by atoms with Crippen LogP contribution in [-0.2, 0) is 0 Å². The zero-order valence-electron chi connectivity index (χ0n) is 11.9. The molecule has 18 heavy (non-hydrogen) atoms. The molecule has 0 amide bonds. The maximum atomic E-state index is 3.97. The Bertz CT molecular complexity index is 309. The van der Waals surface area contributed by atoms with Gasteiger partial charge in [-0.05, 0) is 32.6 Å². The second-order valence-electron chi connectivity index (χ2n) is 6.72. The molecule has 0 bridgehead atoms. The molecule has 3 fully saturated rings. The lowest BCUT2D eigenvalue weighted by molar-refractivity contribution is 0.0187. The molecule has 3 aliphatic rings. The highest BCUT2D eigenvalue weighted by molar-refractivity contribution is 5.09. The molecule has 2 heteroatoms. The molecule has 3 rings (SSSR count). The van der Waals surface area contributed by atoms with Crippen LogP contribution in [0.4, 0.5) is 0 Å². The van der Waals surface area contributed by atoms with Gasteiger partial charge >= 0.3 is 0 Å². The predicted octanol–water partition coefficient (Wildman–Crippen LogP) is 3.09. The van der Waals surface area contributed by atoms with Crippen LogP contribution in [0.2, 0.25) is 0 Å². The molecular formula is C16H28N2. The second kappa shape index (κ2) is 4.97. The van der Waals surface area contributed by atoms with Crippen molar-refractivity contribution in [3.05, 3.63) is 12.2 Å². The summed E-state index contributed by atoms with van der Waals surface area (Å²) in [5.41, 5.74) is 0.961. The van der Waals surface area contributed by atoms with E-state index in [1.165, 1.54) is 71.0 Å². The number of piperazine rings is 1. The maximum Gasteiger partial charge on any atom is 0.0338 e. The van der Waals surface area contributed by atoms with Crippen LogP contribution in [0, 0.1) is 0 Å². The van der Waals surface area contributed by atoms with Crippen molar-refractivity contribution in [1.29, 1.82) is 0 Å². The lowest BCUT2D eigenvalue weighted by Crippen LogP contribution is -2.68. The Morgan fingerprint density at radius 3 is 2.39 bits per heavy atom. The van der Waals surface area contributed by atoms with Crippen molar-refractivity contribution in [3.63, 3.8) is 0 Å². The van der Waals surface area contributed by atoms with E-state index in [1.54, 1.807) is 0 Å². The van der Waals surface area contributed by atoms with Gasteiger partial charge in [0.25, 0.3) is 0 Å². The van der Waals surface area contributed by atoms with Crippen LogP contribution in [0.15, 0.2) is 12.2 Å². The summed E-state index contributed by atoms with van der Waals surface area (Å²) < 4.78 is 0. The highest BCUT2D eigenvalue weighted by Gasteiger charge is 2.48. The van der Waals surface area contributed by atoms with Gasteiger partial charge in [-0.3, -0.25) is 4.90 Å². The molecule has 2 saturated carbocycles. The molecule has 102 valence electrons. The van der Waals surface area contributed by atoms with Crippen molar-refractivity contribution >= 4 is 0 Å². The minimum Gasteiger partial charge on any atom is -0.308 e. The van der Waals surface area contributed by atoms with E-state index in [0.29, 0.717) is 11.1 Å². The van der Waals surface area contributed by atoms with Gasteiger partial charge < -0.3 is 5.32 Å². The Hall–Kier alpha value is -0.340. The van der Waals surface area contributed by atoms with E-state index in [9.17, 15) is 0 Å². The van der Waals surface area contributed by atoms with E-state index in [2.05, 4.69) is 29.3 Å².